The van der Waals surface area contributed by atoms with Crippen LogP contribution in [0.4, 0.5) is 23.2 Å². The number of nitrogens with two attached hydrogens (primary N) is 1. The number of hydrogen-bond donors (Lipinski definition) is 1. The van der Waals surface area contributed by atoms with Crippen LogP contribution in [-0.4, -0.2) is 5.25 Å². The maximum absolute atomic E-state index is 13.2. The van der Waals surface area contributed by atoms with E-state index in [1.165, 1.54) is 6.07 Å². The molecule has 1 heterocycles. The molecule has 0 amide bonds. The lowest BCUT2D eigenvalue weighted by molar-refractivity contribution is -0.154. The van der Waals surface area contributed by atoms with E-state index in [-0.39, 0.29) is 27.4 Å². The first-order valence-electron chi connectivity index (χ1n) is 3.80. The Balaban J connectivity index is 2.69. The molecular weight excluding hydrogens is 254 g/mol. The highest BCUT2D eigenvalue weighted by Crippen LogP contribution is 2.62. The zero-order chi connectivity index (χ0) is 11.4. The number of halogens is 5. The quantitative estimate of drug-likeness (QED) is 0.566. The first-order valence-corrected chi connectivity index (χ1v) is 4.99. The van der Waals surface area contributed by atoms with E-state index < -0.39 is 16.7 Å². The number of nitrogen functional groups attached to an aromatic ring is 1. The summed E-state index contributed by atoms with van der Waals surface area (Å²) in [5.74, 6) is -4.23. The Morgan fingerprint density at radius 1 is 1.20 bits per heavy atom. The SMILES string of the molecule is Nc1cc(Cl)c2c(c1)C(F)(F)C(F)(F)S2. The number of rotatable bonds is 0. The molecule has 0 saturated carbocycles. The van der Waals surface area contributed by atoms with Crippen molar-refractivity contribution in [3.8, 4) is 0 Å². The average molecular weight is 258 g/mol. The second-order valence-electron chi connectivity index (χ2n) is 3.07. The lowest BCUT2D eigenvalue weighted by atomic mass is 10.1. The lowest BCUT2D eigenvalue weighted by Crippen LogP contribution is -2.29. The van der Waals surface area contributed by atoms with Gasteiger partial charge in [0.15, 0.2) is 0 Å². The number of anilines is 1. The molecule has 0 aliphatic carbocycles. The molecule has 2 N–H and O–H groups in total. The van der Waals surface area contributed by atoms with Gasteiger partial charge in [0.1, 0.15) is 0 Å². The molecule has 1 aliphatic rings. The van der Waals surface area contributed by atoms with E-state index in [4.69, 9.17) is 17.3 Å². The molecule has 7 heteroatoms. The summed E-state index contributed by atoms with van der Waals surface area (Å²) >= 11 is 5.33. The molecule has 1 nitrogen and oxygen atoms in total. The van der Waals surface area contributed by atoms with Crippen LogP contribution < -0.4 is 5.73 Å². The van der Waals surface area contributed by atoms with Crippen molar-refractivity contribution in [2.45, 2.75) is 16.1 Å². The van der Waals surface area contributed by atoms with E-state index in [9.17, 15) is 17.6 Å². The van der Waals surface area contributed by atoms with Crippen molar-refractivity contribution in [2.75, 3.05) is 5.73 Å². The van der Waals surface area contributed by atoms with E-state index in [1.807, 2.05) is 0 Å². The topological polar surface area (TPSA) is 26.0 Å². The maximum atomic E-state index is 13.2. The van der Waals surface area contributed by atoms with Crippen LogP contribution in [0.3, 0.4) is 0 Å². The highest BCUT2D eigenvalue weighted by molar-refractivity contribution is 8.00. The molecule has 0 bridgehead atoms. The third-order valence-electron chi connectivity index (χ3n) is 2.00. The van der Waals surface area contributed by atoms with Gasteiger partial charge in [-0.15, -0.1) is 0 Å². The fourth-order valence-corrected chi connectivity index (χ4v) is 2.59. The van der Waals surface area contributed by atoms with Crippen LogP contribution in [0.1, 0.15) is 5.56 Å². The van der Waals surface area contributed by atoms with Crippen molar-refractivity contribution in [1.82, 2.24) is 0 Å². The Kier molecular flexibility index (Phi) is 2.14. The molecular formula is C8H4ClF4NS. The smallest absolute Gasteiger partial charge is 0.364 e. The Hall–Kier alpha value is -0.620. The van der Waals surface area contributed by atoms with Crippen LogP contribution in [0.25, 0.3) is 0 Å². The fraction of sp³-hybridized carbons (Fsp3) is 0.250. The Bertz CT molecular complexity index is 435. The minimum Gasteiger partial charge on any atom is -0.399 e. The van der Waals surface area contributed by atoms with Gasteiger partial charge < -0.3 is 5.73 Å². The zero-order valence-electron chi connectivity index (χ0n) is 7.03. The molecule has 0 saturated heterocycles. The largest absolute Gasteiger partial charge is 0.399 e. The van der Waals surface area contributed by atoms with Crippen molar-refractivity contribution >= 4 is 29.1 Å². The summed E-state index contributed by atoms with van der Waals surface area (Å²) in [6, 6.07) is 2.00. The molecule has 1 aliphatic heterocycles. The van der Waals surface area contributed by atoms with Crippen molar-refractivity contribution < 1.29 is 17.6 Å². The van der Waals surface area contributed by atoms with Gasteiger partial charge in [0, 0.05) is 16.1 Å². The van der Waals surface area contributed by atoms with Gasteiger partial charge >= 0.3 is 11.2 Å². The highest BCUT2D eigenvalue weighted by Gasteiger charge is 2.64. The summed E-state index contributed by atoms with van der Waals surface area (Å²) in [5, 5.41) is -4.35. The average Bonchev–Trinajstić information content (AvgIpc) is 2.24. The predicted octanol–water partition coefficient (Wildman–Crippen LogP) is 3.71. The molecule has 15 heavy (non-hydrogen) atoms. The number of fused-ring (bicyclic) bond motifs is 1. The molecule has 82 valence electrons. The van der Waals surface area contributed by atoms with E-state index in [1.54, 1.807) is 0 Å². The molecule has 0 aromatic heterocycles. The number of hydrogen-bond acceptors (Lipinski definition) is 2. The number of alkyl halides is 4. The molecule has 0 radical (unpaired) electrons. The minimum atomic E-state index is -4.23. The Morgan fingerprint density at radius 2 is 1.80 bits per heavy atom. The van der Waals surface area contributed by atoms with Crippen molar-refractivity contribution in [1.29, 1.82) is 0 Å². The molecule has 0 fully saturated rings. The molecule has 0 unspecified atom stereocenters. The van der Waals surface area contributed by atoms with Gasteiger partial charge in [0.25, 0.3) is 0 Å². The lowest BCUT2D eigenvalue weighted by Gasteiger charge is -2.17. The van der Waals surface area contributed by atoms with Crippen LogP contribution in [-0.2, 0) is 5.92 Å². The van der Waals surface area contributed by atoms with E-state index in [0.717, 1.165) is 6.07 Å². The molecule has 1 aromatic carbocycles. The molecule has 2 rings (SSSR count). The summed E-state index contributed by atoms with van der Waals surface area (Å²) in [5.41, 5.74) is 4.41. The van der Waals surface area contributed by atoms with E-state index in [2.05, 4.69) is 0 Å². The van der Waals surface area contributed by atoms with Crippen molar-refractivity contribution in [2.24, 2.45) is 0 Å². The predicted molar refractivity (Wildman–Crippen MR) is 50.6 cm³/mol. The molecule has 1 aromatic rings. The molecule has 0 spiro atoms. The van der Waals surface area contributed by atoms with Crippen LogP contribution >= 0.6 is 23.4 Å². The standard InChI is InChI=1S/C8H4ClF4NS/c9-5-2-3(14)1-4-6(5)15-8(12,13)7(4,10)11/h1-2H,14H2. The summed E-state index contributed by atoms with van der Waals surface area (Å²) in [6.45, 7) is 0. The van der Waals surface area contributed by atoms with Gasteiger partial charge in [-0.05, 0) is 23.9 Å². The Labute approximate surface area is 91.6 Å². The number of thioether (sulfide) groups is 1. The molecule has 0 atom stereocenters. The van der Waals surface area contributed by atoms with Crippen LogP contribution in [0.2, 0.25) is 5.02 Å². The van der Waals surface area contributed by atoms with E-state index >= 15 is 0 Å². The van der Waals surface area contributed by atoms with Crippen LogP contribution in [0.15, 0.2) is 17.0 Å². The summed E-state index contributed by atoms with van der Waals surface area (Å²) in [7, 11) is 0. The van der Waals surface area contributed by atoms with Gasteiger partial charge in [0.2, 0.25) is 0 Å². The normalized spacial score (nSPS) is 21.4. The van der Waals surface area contributed by atoms with Gasteiger partial charge in [-0.2, -0.15) is 17.6 Å². The van der Waals surface area contributed by atoms with Crippen molar-refractivity contribution in [3.05, 3.63) is 22.7 Å². The minimum absolute atomic E-state index is 0.0586. The highest BCUT2D eigenvalue weighted by atomic mass is 35.5. The Morgan fingerprint density at radius 3 is 2.40 bits per heavy atom. The van der Waals surface area contributed by atoms with Crippen LogP contribution in [0.5, 0.6) is 0 Å². The van der Waals surface area contributed by atoms with E-state index in [0.29, 0.717) is 0 Å². The van der Waals surface area contributed by atoms with Crippen LogP contribution in [0, 0.1) is 0 Å². The third kappa shape index (κ3) is 1.38. The third-order valence-corrected chi connectivity index (χ3v) is 3.57. The van der Waals surface area contributed by atoms with Gasteiger partial charge in [-0.3, -0.25) is 0 Å². The van der Waals surface area contributed by atoms with Gasteiger partial charge in [-0.1, -0.05) is 11.6 Å². The second kappa shape index (κ2) is 2.95. The summed E-state index contributed by atoms with van der Waals surface area (Å²) < 4.78 is 52.3. The maximum Gasteiger partial charge on any atom is 0.364 e. The van der Waals surface area contributed by atoms with Gasteiger partial charge in [0.05, 0.1) is 5.02 Å². The first kappa shape index (κ1) is 10.9. The van der Waals surface area contributed by atoms with Crippen molar-refractivity contribution in [3.63, 3.8) is 0 Å². The summed E-state index contributed by atoms with van der Waals surface area (Å²) in [4.78, 5) is -0.305. The zero-order valence-corrected chi connectivity index (χ0v) is 8.60. The fourth-order valence-electron chi connectivity index (χ4n) is 1.30. The number of benzene rings is 1. The van der Waals surface area contributed by atoms with Gasteiger partial charge in [-0.25, -0.2) is 0 Å². The second-order valence-corrected chi connectivity index (χ2v) is 4.60. The summed E-state index contributed by atoms with van der Waals surface area (Å²) in [6.07, 6.45) is 0. The first-order chi connectivity index (χ1) is 6.75. The monoisotopic (exact) mass is 257 g/mol.